The Morgan fingerprint density at radius 2 is 2.00 bits per heavy atom. The van der Waals surface area contributed by atoms with Crippen LogP contribution in [0.3, 0.4) is 0 Å². The van der Waals surface area contributed by atoms with Crippen molar-refractivity contribution in [3.8, 4) is 0 Å². The third-order valence-electron chi connectivity index (χ3n) is 3.62. The number of anilines is 1. The summed E-state index contributed by atoms with van der Waals surface area (Å²) in [5, 5.41) is 2.80. The first-order valence-corrected chi connectivity index (χ1v) is 6.92. The minimum Gasteiger partial charge on any atom is -0.319 e. The van der Waals surface area contributed by atoms with Crippen LogP contribution in [0, 0.1) is 5.82 Å². The van der Waals surface area contributed by atoms with Crippen molar-refractivity contribution in [1.29, 1.82) is 0 Å². The van der Waals surface area contributed by atoms with E-state index in [0.717, 1.165) is 19.3 Å². The van der Waals surface area contributed by atoms with Crippen LogP contribution in [-0.4, -0.2) is 23.0 Å². The van der Waals surface area contributed by atoms with Crippen molar-refractivity contribution in [2.45, 2.75) is 45.2 Å². The zero-order chi connectivity index (χ0) is 14.0. The third-order valence-corrected chi connectivity index (χ3v) is 3.94. The third kappa shape index (κ3) is 3.00. The molecule has 5 heteroatoms. The summed E-state index contributed by atoms with van der Waals surface area (Å²) in [5.74, 6) is -0.516. The van der Waals surface area contributed by atoms with E-state index in [1.165, 1.54) is 12.1 Å². The first-order valence-electron chi connectivity index (χ1n) is 6.54. The van der Waals surface area contributed by atoms with Crippen LogP contribution in [0.1, 0.15) is 33.1 Å². The van der Waals surface area contributed by atoms with Crippen LogP contribution in [0.15, 0.2) is 18.2 Å². The number of piperidine rings is 1. The highest BCUT2D eigenvalue weighted by molar-refractivity contribution is 6.33. The molecule has 2 rings (SSSR count). The van der Waals surface area contributed by atoms with Crippen LogP contribution in [-0.2, 0) is 0 Å². The molecule has 104 valence electrons. The van der Waals surface area contributed by atoms with Crippen molar-refractivity contribution in [2.24, 2.45) is 0 Å². The van der Waals surface area contributed by atoms with E-state index in [4.69, 9.17) is 11.6 Å². The van der Waals surface area contributed by atoms with Gasteiger partial charge < -0.3 is 10.2 Å². The SMILES string of the molecule is CC1CCCC(C)N1C(=O)Nc1c(F)cccc1Cl. The van der Waals surface area contributed by atoms with Crippen LogP contribution in [0.25, 0.3) is 0 Å². The summed E-state index contributed by atoms with van der Waals surface area (Å²) in [7, 11) is 0. The highest BCUT2D eigenvalue weighted by atomic mass is 35.5. The number of nitrogens with zero attached hydrogens (tertiary/aromatic N) is 1. The van der Waals surface area contributed by atoms with Crippen molar-refractivity contribution < 1.29 is 9.18 Å². The largest absolute Gasteiger partial charge is 0.322 e. The monoisotopic (exact) mass is 284 g/mol. The normalized spacial score (nSPS) is 23.3. The van der Waals surface area contributed by atoms with Gasteiger partial charge >= 0.3 is 6.03 Å². The molecule has 1 aromatic carbocycles. The number of carbonyl (C=O) groups excluding carboxylic acids is 1. The molecule has 3 nitrogen and oxygen atoms in total. The smallest absolute Gasteiger partial charge is 0.319 e. The van der Waals surface area contributed by atoms with E-state index in [1.54, 1.807) is 11.0 Å². The number of para-hydroxylation sites is 1. The first kappa shape index (κ1) is 14.1. The number of likely N-dealkylation sites (tertiary alicyclic amines) is 1. The number of hydrogen-bond donors (Lipinski definition) is 1. The van der Waals surface area contributed by atoms with E-state index in [0.29, 0.717) is 0 Å². The van der Waals surface area contributed by atoms with Crippen molar-refractivity contribution in [3.63, 3.8) is 0 Å². The maximum atomic E-state index is 13.7. The molecule has 0 bridgehead atoms. The average molecular weight is 285 g/mol. The molecule has 0 aliphatic carbocycles. The molecule has 1 aliphatic rings. The van der Waals surface area contributed by atoms with Gasteiger partial charge in [-0.25, -0.2) is 9.18 Å². The predicted molar refractivity (Wildman–Crippen MR) is 75.0 cm³/mol. The molecule has 0 spiro atoms. The van der Waals surface area contributed by atoms with Crippen LogP contribution in [0.4, 0.5) is 14.9 Å². The molecule has 0 aromatic heterocycles. The number of benzene rings is 1. The zero-order valence-corrected chi connectivity index (χ0v) is 11.9. The Kier molecular flexibility index (Phi) is 4.30. The van der Waals surface area contributed by atoms with Crippen LogP contribution in [0.2, 0.25) is 5.02 Å². The van der Waals surface area contributed by atoms with Crippen molar-refractivity contribution in [1.82, 2.24) is 4.90 Å². The summed E-state index contributed by atoms with van der Waals surface area (Å²) in [6.45, 7) is 4.02. The molecule has 1 saturated heterocycles. The minimum atomic E-state index is -0.516. The number of halogens is 2. The van der Waals surface area contributed by atoms with Gasteiger partial charge in [-0.3, -0.25) is 0 Å². The topological polar surface area (TPSA) is 32.3 Å². The molecule has 2 unspecified atom stereocenters. The summed E-state index contributed by atoms with van der Waals surface area (Å²) >= 11 is 5.91. The summed E-state index contributed by atoms with van der Waals surface area (Å²) in [6, 6.07) is 4.39. The first-order chi connectivity index (χ1) is 9.00. The average Bonchev–Trinajstić information content (AvgIpc) is 2.34. The van der Waals surface area contributed by atoms with E-state index in [9.17, 15) is 9.18 Å². The fraction of sp³-hybridized carbons (Fsp3) is 0.500. The highest BCUT2D eigenvalue weighted by Crippen LogP contribution is 2.27. The van der Waals surface area contributed by atoms with Gasteiger partial charge in [-0.05, 0) is 45.2 Å². The molecule has 1 N–H and O–H groups in total. The second kappa shape index (κ2) is 5.78. The van der Waals surface area contributed by atoms with E-state index in [-0.39, 0.29) is 28.8 Å². The quantitative estimate of drug-likeness (QED) is 0.820. The van der Waals surface area contributed by atoms with Gasteiger partial charge in [0.2, 0.25) is 0 Å². The molecule has 19 heavy (non-hydrogen) atoms. The summed E-state index contributed by atoms with van der Waals surface area (Å²) in [6.07, 6.45) is 3.07. The van der Waals surface area contributed by atoms with E-state index < -0.39 is 5.82 Å². The summed E-state index contributed by atoms with van der Waals surface area (Å²) < 4.78 is 13.7. The number of nitrogens with one attached hydrogen (secondary N) is 1. The van der Waals surface area contributed by atoms with Gasteiger partial charge in [0.15, 0.2) is 0 Å². The fourth-order valence-corrected chi connectivity index (χ4v) is 2.82. The summed E-state index contributed by atoms with van der Waals surface area (Å²) in [4.78, 5) is 14.1. The van der Waals surface area contributed by atoms with E-state index in [1.807, 2.05) is 13.8 Å². The van der Waals surface area contributed by atoms with Crippen LogP contribution < -0.4 is 5.32 Å². The van der Waals surface area contributed by atoms with E-state index in [2.05, 4.69) is 5.32 Å². The number of carbonyl (C=O) groups is 1. The van der Waals surface area contributed by atoms with E-state index >= 15 is 0 Å². The molecule has 1 fully saturated rings. The molecular weight excluding hydrogens is 267 g/mol. The predicted octanol–water partition coefficient (Wildman–Crippen LogP) is 4.27. The lowest BCUT2D eigenvalue weighted by atomic mass is 9.98. The Labute approximate surface area is 117 Å². The zero-order valence-electron chi connectivity index (χ0n) is 11.1. The number of amides is 2. The summed E-state index contributed by atoms with van der Waals surface area (Å²) in [5.41, 5.74) is 0.0548. The lowest BCUT2D eigenvalue weighted by molar-refractivity contribution is 0.133. The molecule has 0 saturated carbocycles. The number of rotatable bonds is 1. The van der Waals surface area contributed by atoms with Crippen LogP contribution in [0.5, 0.6) is 0 Å². The second-order valence-electron chi connectivity index (χ2n) is 5.06. The van der Waals surface area contributed by atoms with Crippen molar-refractivity contribution in [3.05, 3.63) is 29.0 Å². The van der Waals surface area contributed by atoms with Crippen molar-refractivity contribution >= 4 is 23.3 Å². The van der Waals surface area contributed by atoms with Gasteiger partial charge in [0, 0.05) is 12.1 Å². The molecule has 0 radical (unpaired) electrons. The lowest BCUT2D eigenvalue weighted by Gasteiger charge is -2.38. The van der Waals surface area contributed by atoms with Gasteiger partial charge in [0.05, 0.1) is 10.7 Å². The van der Waals surface area contributed by atoms with Gasteiger partial charge in [-0.2, -0.15) is 0 Å². The van der Waals surface area contributed by atoms with Gasteiger partial charge in [0.25, 0.3) is 0 Å². The molecule has 1 heterocycles. The Morgan fingerprint density at radius 1 is 1.37 bits per heavy atom. The number of urea groups is 1. The van der Waals surface area contributed by atoms with Gasteiger partial charge in [-0.1, -0.05) is 17.7 Å². The Balaban J connectivity index is 2.16. The highest BCUT2D eigenvalue weighted by Gasteiger charge is 2.29. The fourth-order valence-electron chi connectivity index (χ4n) is 2.61. The lowest BCUT2D eigenvalue weighted by Crippen LogP contribution is -2.49. The van der Waals surface area contributed by atoms with Crippen molar-refractivity contribution in [2.75, 3.05) is 5.32 Å². The Bertz CT molecular complexity index is 450. The second-order valence-corrected chi connectivity index (χ2v) is 5.47. The molecular formula is C14H18ClFN2O. The van der Waals surface area contributed by atoms with Gasteiger partial charge in [0.1, 0.15) is 5.82 Å². The molecule has 2 atom stereocenters. The van der Waals surface area contributed by atoms with Crippen LogP contribution >= 0.6 is 11.6 Å². The number of hydrogen-bond acceptors (Lipinski definition) is 1. The molecule has 1 aliphatic heterocycles. The van der Waals surface area contributed by atoms with Gasteiger partial charge in [-0.15, -0.1) is 0 Å². The Morgan fingerprint density at radius 3 is 2.58 bits per heavy atom. The standard InChI is InChI=1S/C14H18ClFN2O/c1-9-5-3-6-10(2)18(9)14(19)17-13-11(15)7-4-8-12(13)16/h4,7-10H,3,5-6H2,1-2H3,(H,17,19). The maximum Gasteiger partial charge on any atom is 0.322 e. The molecule has 2 amide bonds. The molecule has 1 aromatic rings. The minimum absolute atomic E-state index is 0.0548. The maximum absolute atomic E-state index is 13.7. The Hall–Kier alpha value is -1.29.